The summed E-state index contributed by atoms with van der Waals surface area (Å²) in [6.07, 6.45) is 9.79. The minimum absolute atomic E-state index is 0.253. The van der Waals surface area contributed by atoms with Crippen LogP contribution in [0.2, 0.25) is 0 Å². The summed E-state index contributed by atoms with van der Waals surface area (Å²) in [6.45, 7) is 2.85. The van der Waals surface area contributed by atoms with Gasteiger partial charge in [0.15, 0.2) is 5.60 Å². The van der Waals surface area contributed by atoms with Crippen molar-refractivity contribution >= 4 is 22.5 Å². The van der Waals surface area contributed by atoms with Gasteiger partial charge in [-0.15, -0.1) is 0 Å². The Bertz CT molecular complexity index is 2240. The van der Waals surface area contributed by atoms with Crippen molar-refractivity contribution in [3.63, 3.8) is 0 Å². The van der Waals surface area contributed by atoms with E-state index in [2.05, 4.69) is 47.4 Å². The van der Waals surface area contributed by atoms with Gasteiger partial charge in [-0.1, -0.05) is 55.7 Å². The van der Waals surface area contributed by atoms with Crippen LogP contribution in [0.15, 0.2) is 84.9 Å². The van der Waals surface area contributed by atoms with E-state index in [1.807, 2.05) is 42.5 Å². The Morgan fingerprint density at radius 2 is 1.55 bits per heavy atom. The van der Waals surface area contributed by atoms with Crippen LogP contribution in [-0.2, 0) is 15.8 Å². The quantitative estimate of drug-likeness (QED) is 0.185. The lowest BCUT2D eigenvalue weighted by Gasteiger charge is -2.41. The van der Waals surface area contributed by atoms with Crippen molar-refractivity contribution in [2.24, 2.45) is 0 Å². The molecule has 2 heterocycles. The zero-order valence-electron chi connectivity index (χ0n) is 28.9. The Labute approximate surface area is 297 Å². The number of halogens is 1. The monoisotopic (exact) mass is 678 g/mol. The number of nitrogens with zero attached hydrogens (tertiary/aromatic N) is 2. The molecule has 2 aliphatic carbocycles. The van der Waals surface area contributed by atoms with Gasteiger partial charge >= 0.3 is 0 Å². The predicted octanol–water partition coefficient (Wildman–Crippen LogP) is 9.28. The number of anilines is 1. The predicted molar refractivity (Wildman–Crippen MR) is 197 cm³/mol. The second-order valence-corrected chi connectivity index (χ2v) is 14.1. The Balaban J connectivity index is 1.38. The van der Waals surface area contributed by atoms with Gasteiger partial charge in [0, 0.05) is 40.6 Å². The van der Waals surface area contributed by atoms with Gasteiger partial charge in [-0.05, 0) is 95.1 Å². The van der Waals surface area contributed by atoms with Crippen LogP contribution in [0.3, 0.4) is 0 Å². The van der Waals surface area contributed by atoms with Crippen LogP contribution < -0.4 is 19.1 Å². The van der Waals surface area contributed by atoms with Crippen molar-refractivity contribution in [2.75, 3.05) is 45.4 Å². The number of fused-ring (bicyclic) bond motifs is 10. The molecule has 2 aliphatic heterocycles. The smallest absolute Gasteiger partial charge is 0.178 e. The molecule has 0 radical (unpaired) electrons. The maximum absolute atomic E-state index is 14.4. The lowest BCUT2D eigenvalue weighted by molar-refractivity contribution is 0.122. The van der Waals surface area contributed by atoms with Gasteiger partial charge < -0.3 is 23.8 Å². The molecule has 0 amide bonds. The maximum atomic E-state index is 14.4. The molecule has 1 spiro atoms. The summed E-state index contributed by atoms with van der Waals surface area (Å²) in [4.78, 5) is 2.35. The fraction of sp³-hybridized carbons (Fsp3) is 0.295. The minimum atomic E-state index is -1.05. The molecule has 256 valence electrons. The normalized spacial score (nSPS) is 19.9. The standard InChI is InChI=1S/C44H39FN2O4/c1-48-32-13-9-30(10-14-32)44(29-7-11-31(45)12-8-29)19-16-34-41-40(33-15-6-28(27-46)24-37(33)43(41)17-4-3-5-18-43)35-25-38(47-20-22-50-23-21-47)39(49-2)26-36(35)42(34)51-44/h6-16,19,24-26H,3-5,17-18,20-23H2,1-2H3. The van der Waals surface area contributed by atoms with E-state index < -0.39 is 5.60 Å². The molecule has 1 saturated heterocycles. The molecular formula is C44H39FN2O4. The van der Waals surface area contributed by atoms with E-state index in [-0.39, 0.29) is 11.2 Å². The third kappa shape index (κ3) is 4.77. The van der Waals surface area contributed by atoms with Crippen LogP contribution in [0.4, 0.5) is 10.1 Å². The van der Waals surface area contributed by atoms with Crippen LogP contribution in [0, 0.1) is 17.1 Å². The van der Waals surface area contributed by atoms with E-state index in [9.17, 15) is 9.65 Å². The zero-order valence-corrected chi connectivity index (χ0v) is 28.9. The van der Waals surface area contributed by atoms with Crippen molar-refractivity contribution in [3.8, 4) is 34.4 Å². The molecule has 7 heteroatoms. The third-order valence-electron chi connectivity index (χ3n) is 11.6. The molecule has 9 rings (SSSR count). The van der Waals surface area contributed by atoms with Crippen molar-refractivity contribution in [1.29, 1.82) is 5.26 Å². The van der Waals surface area contributed by atoms with Gasteiger partial charge in [0.25, 0.3) is 0 Å². The van der Waals surface area contributed by atoms with Crippen LogP contribution in [0.5, 0.6) is 17.2 Å². The van der Waals surface area contributed by atoms with E-state index in [1.54, 1.807) is 14.2 Å². The van der Waals surface area contributed by atoms with E-state index in [0.717, 1.165) is 89.2 Å². The highest BCUT2D eigenvalue weighted by molar-refractivity contribution is 6.10. The summed E-state index contributed by atoms with van der Waals surface area (Å²) in [5.74, 6) is 1.98. The molecular weight excluding hydrogens is 639 g/mol. The first-order valence-corrected chi connectivity index (χ1v) is 17.9. The first-order chi connectivity index (χ1) is 25.0. The van der Waals surface area contributed by atoms with Gasteiger partial charge in [-0.3, -0.25) is 0 Å². The Hall–Kier alpha value is -5.32. The highest BCUT2D eigenvalue weighted by Crippen LogP contribution is 2.63. The number of morpholine rings is 1. The lowest BCUT2D eigenvalue weighted by atomic mass is 9.66. The number of methoxy groups -OCH3 is 2. The summed E-state index contributed by atoms with van der Waals surface area (Å²) in [5, 5.41) is 12.1. The number of hydrogen-bond acceptors (Lipinski definition) is 6. The molecule has 5 aromatic rings. The van der Waals surface area contributed by atoms with E-state index in [0.29, 0.717) is 18.8 Å². The highest BCUT2D eigenvalue weighted by atomic mass is 19.1. The lowest BCUT2D eigenvalue weighted by Crippen LogP contribution is -2.36. The second-order valence-electron chi connectivity index (χ2n) is 14.1. The fourth-order valence-electron chi connectivity index (χ4n) is 9.20. The minimum Gasteiger partial charge on any atom is -0.497 e. The van der Waals surface area contributed by atoms with E-state index in [4.69, 9.17) is 18.9 Å². The average Bonchev–Trinajstić information content (AvgIpc) is 3.46. The van der Waals surface area contributed by atoms with Crippen molar-refractivity contribution in [1.82, 2.24) is 0 Å². The summed E-state index contributed by atoms with van der Waals surface area (Å²) < 4.78 is 39.3. The molecule has 5 aromatic carbocycles. The number of hydrogen-bond donors (Lipinski definition) is 0. The number of nitriles is 1. The van der Waals surface area contributed by atoms with E-state index in [1.165, 1.54) is 40.8 Å². The average molecular weight is 679 g/mol. The highest BCUT2D eigenvalue weighted by Gasteiger charge is 2.49. The summed E-state index contributed by atoms with van der Waals surface area (Å²) in [6, 6.07) is 27.6. The molecule has 0 bridgehead atoms. The molecule has 1 atom stereocenters. The van der Waals surface area contributed by atoms with Crippen molar-refractivity contribution < 1.29 is 23.3 Å². The van der Waals surface area contributed by atoms with Crippen LogP contribution >= 0.6 is 0 Å². The third-order valence-corrected chi connectivity index (χ3v) is 11.6. The summed E-state index contributed by atoms with van der Waals surface area (Å²) >= 11 is 0. The fourth-order valence-corrected chi connectivity index (χ4v) is 9.20. The summed E-state index contributed by atoms with van der Waals surface area (Å²) in [5.41, 5.74) is 8.11. The Morgan fingerprint density at radius 1 is 0.824 bits per heavy atom. The Kier molecular flexibility index (Phi) is 7.55. The molecule has 0 aromatic heterocycles. The van der Waals surface area contributed by atoms with Crippen LogP contribution in [0.1, 0.15) is 65.5 Å². The molecule has 0 N–H and O–H groups in total. The molecule has 1 saturated carbocycles. The van der Waals surface area contributed by atoms with E-state index >= 15 is 0 Å². The molecule has 6 nitrogen and oxygen atoms in total. The first kappa shape index (κ1) is 31.6. The molecule has 4 aliphatic rings. The number of ether oxygens (including phenoxy) is 4. The van der Waals surface area contributed by atoms with Gasteiger partial charge in [0.2, 0.25) is 0 Å². The van der Waals surface area contributed by atoms with Crippen molar-refractivity contribution in [2.45, 2.75) is 43.1 Å². The Morgan fingerprint density at radius 3 is 2.24 bits per heavy atom. The largest absolute Gasteiger partial charge is 0.497 e. The van der Waals surface area contributed by atoms with Gasteiger partial charge in [-0.25, -0.2) is 4.39 Å². The van der Waals surface area contributed by atoms with Crippen LogP contribution in [-0.4, -0.2) is 40.5 Å². The number of rotatable bonds is 5. The summed E-state index contributed by atoms with van der Waals surface area (Å²) in [7, 11) is 3.38. The topological polar surface area (TPSA) is 64.0 Å². The number of benzene rings is 5. The molecule has 51 heavy (non-hydrogen) atoms. The first-order valence-electron chi connectivity index (χ1n) is 17.9. The van der Waals surface area contributed by atoms with Gasteiger partial charge in [0.05, 0.1) is 44.8 Å². The SMILES string of the molecule is COc1ccc(C2(c3ccc(F)cc3)C=Cc3c4c(c5cc(N6CCOCC6)c(OC)cc5c3O2)-c2ccc(C#N)cc2C42CCCCC2)cc1. The van der Waals surface area contributed by atoms with Gasteiger partial charge in [0.1, 0.15) is 23.1 Å². The maximum Gasteiger partial charge on any atom is 0.178 e. The van der Waals surface area contributed by atoms with Crippen molar-refractivity contribution in [3.05, 3.63) is 124 Å². The molecule has 1 unspecified atom stereocenters. The second kappa shape index (κ2) is 12.2. The zero-order chi connectivity index (χ0) is 34.7. The van der Waals surface area contributed by atoms with Crippen LogP contribution in [0.25, 0.3) is 28.0 Å². The molecule has 2 fully saturated rings. The van der Waals surface area contributed by atoms with Gasteiger partial charge in [-0.2, -0.15) is 5.26 Å².